The van der Waals surface area contributed by atoms with Gasteiger partial charge in [0.1, 0.15) is 0 Å². The Labute approximate surface area is 142 Å². The lowest BCUT2D eigenvalue weighted by atomic mass is 9.95. The van der Waals surface area contributed by atoms with Crippen molar-refractivity contribution in [1.82, 2.24) is 9.88 Å². The molecule has 1 aliphatic rings. The summed E-state index contributed by atoms with van der Waals surface area (Å²) in [6.07, 6.45) is 6.26. The second kappa shape index (κ2) is 7.64. The van der Waals surface area contributed by atoms with Gasteiger partial charge < -0.3 is 4.90 Å². The van der Waals surface area contributed by atoms with E-state index < -0.39 is 0 Å². The summed E-state index contributed by atoms with van der Waals surface area (Å²) in [5.74, 6) is 0.962. The lowest BCUT2D eigenvalue weighted by molar-refractivity contribution is 0.0803. The Hall–Kier alpha value is -1.81. The average Bonchev–Trinajstić information content (AvgIpc) is 2.61. The molecule has 0 N–H and O–H groups in total. The first-order valence-electron chi connectivity index (χ1n) is 8.15. The largest absolute Gasteiger partial charge is 0.341 e. The molecule has 0 saturated heterocycles. The van der Waals surface area contributed by atoms with Crippen molar-refractivity contribution in [1.29, 1.82) is 0 Å². The minimum absolute atomic E-state index is 0.0690. The molecule has 1 heterocycles. The number of thioether (sulfide) groups is 1. The molecule has 0 unspecified atom stereocenters. The van der Waals surface area contributed by atoms with Crippen LogP contribution in [0.15, 0.2) is 47.5 Å². The molecule has 2 aromatic rings. The number of amides is 1. The predicted molar refractivity (Wildman–Crippen MR) is 95.0 cm³/mol. The summed E-state index contributed by atoms with van der Waals surface area (Å²) in [7, 11) is 1.87. The second-order valence-corrected chi connectivity index (χ2v) is 7.09. The van der Waals surface area contributed by atoms with Gasteiger partial charge in [0.05, 0.1) is 5.56 Å². The molecule has 1 aliphatic carbocycles. The van der Waals surface area contributed by atoms with Gasteiger partial charge in [-0.3, -0.25) is 9.78 Å². The SMILES string of the molecule is CN(CCSc1ccccc1)C(=O)c1cnc2c(c1)CCCC2. The molecule has 0 bridgehead atoms. The maximum Gasteiger partial charge on any atom is 0.255 e. The number of benzene rings is 1. The number of aromatic nitrogens is 1. The van der Waals surface area contributed by atoms with E-state index in [0.717, 1.165) is 30.7 Å². The van der Waals surface area contributed by atoms with Crippen molar-refractivity contribution >= 4 is 17.7 Å². The van der Waals surface area contributed by atoms with Crippen LogP contribution in [0.2, 0.25) is 0 Å². The fourth-order valence-electron chi connectivity index (χ4n) is 2.84. The normalized spacial score (nSPS) is 13.4. The monoisotopic (exact) mass is 326 g/mol. The van der Waals surface area contributed by atoms with E-state index in [-0.39, 0.29) is 5.91 Å². The van der Waals surface area contributed by atoms with E-state index in [2.05, 4.69) is 17.1 Å². The molecule has 0 atom stereocenters. The minimum Gasteiger partial charge on any atom is -0.341 e. The summed E-state index contributed by atoms with van der Waals surface area (Å²) in [6.45, 7) is 0.732. The lowest BCUT2D eigenvalue weighted by Crippen LogP contribution is -2.29. The van der Waals surface area contributed by atoms with Crippen LogP contribution in [-0.2, 0) is 12.8 Å². The molecule has 0 saturated carbocycles. The molecule has 3 rings (SSSR count). The summed E-state index contributed by atoms with van der Waals surface area (Å²) in [6, 6.07) is 12.3. The van der Waals surface area contributed by atoms with Crippen LogP contribution in [0.4, 0.5) is 0 Å². The summed E-state index contributed by atoms with van der Waals surface area (Å²) in [5.41, 5.74) is 3.15. The molecule has 1 amide bonds. The van der Waals surface area contributed by atoms with Crippen LogP contribution in [0.3, 0.4) is 0 Å². The van der Waals surface area contributed by atoms with Gasteiger partial charge in [-0.15, -0.1) is 11.8 Å². The molecule has 0 fully saturated rings. The number of rotatable bonds is 5. The van der Waals surface area contributed by atoms with Crippen LogP contribution < -0.4 is 0 Å². The van der Waals surface area contributed by atoms with Crippen LogP contribution in [0.25, 0.3) is 0 Å². The number of carbonyl (C=O) groups is 1. The van der Waals surface area contributed by atoms with Gasteiger partial charge >= 0.3 is 0 Å². The number of aryl methyl sites for hydroxylation is 2. The number of carbonyl (C=O) groups excluding carboxylic acids is 1. The summed E-state index contributed by atoms with van der Waals surface area (Å²) >= 11 is 1.77. The Morgan fingerprint density at radius 2 is 2.00 bits per heavy atom. The highest BCUT2D eigenvalue weighted by Gasteiger charge is 2.16. The van der Waals surface area contributed by atoms with Crippen LogP contribution in [0.5, 0.6) is 0 Å². The zero-order valence-electron chi connectivity index (χ0n) is 13.5. The summed E-state index contributed by atoms with van der Waals surface area (Å²) in [5, 5.41) is 0. The molecule has 1 aromatic heterocycles. The molecule has 23 heavy (non-hydrogen) atoms. The molecule has 120 valence electrons. The number of hydrogen-bond donors (Lipinski definition) is 0. The second-order valence-electron chi connectivity index (χ2n) is 5.93. The van der Waals surface area contributed by atoms with Crippen LogP contribution in [0, 0.1) is 0 Å². The fraction of sp³-hybridized carbons (Fsp3) is 0.368. The Balaban J connectivity index is 1.57. The van der Waals surface area contributed by atoms with Gasteiger partial charge in [-0.1, -0.05) is 18.2 Å². The van der Waals surface area contributed by atoms with Gasteiger partial charge in [0.2, 0.25) is 0 Å². The van der Waals surface area contributed by atoms with Crippen LogP contribution in [0.1, 0.15) is 34.5 Å². The highest BCUT2D eigenvalue weighted by atomic mass is 32.2. The Kier molecular flexibility index (Phi) is 5.34. The lowest BCUT2D eigenvalue weighted by Gasteiger charge is -2.19. The third-order valence-corrected chi connectivity index (χ3v) is 5.19. The average molecular weight is 326 g/mol. The van der Waals surface area contributed by atoms with Crippen LogP contribution in [-0.4, -0.2) is 35.1 Å². The van der Waals surface area contributed by atoms with Gasteiger partial charge in [0, 0.05) is 36.1 Å². The first kappa shape index (κ1) is 16.1. The van der Waals surface area contributed by atoms with E-state index in [9.17, 15) is 4.79 Å². The van der Waals surface area contributed by atoms with Crippen molar-refractivity contribution in [2.24, 2.45) is 0 Å². The van der Waals surface area contributed by atoms with Crippen molar-refractivity contribution in [2.45, 2.75) is 30.6 Å². The third kappa shape index (κ3) is 4.14. The zero-order chi connectivity index (χ0) is 16.1. The molecule has 0 spiro atoms. The van der Waals surface area contributed by atoms with Crippen molar-refractivity contribution in [3.05, 3.63) is 59.4 Å². The van der Waals surface area contributed by atoms with Gasteiger partial charge in [-0.05, 0) is 49.4 Å². The Bertz CT molecular complexity index is 672. The molecule has 4 heteroatoms. The molecule has 0 radical (unpaired) electrons. The molecule has 0 aliphatic heterocycles. The Morgan fingerprint density at radius 3 is 2.83 bits per heavy atom. The first-order valence-corrected chi connectivity index (χ1v) is 9.14. The van der Waals surface area contributed by atoms with Gasteiger partial charge in [-0.25, -0.2) is 0 Å². The predicted octanol–water partition coefficient (Wildman–Crippen LogP) is 3.82. The zero-order valence-corrected chi connectivity index (χ0v) is 14.3. The van der Waals surface area contributed by atoms with E-state index in [4.69, 9.17) is 0 Å². The molecular weight excluding hydrogens is 304 g/mol. The highest BCUT2D eigenvalue weighted by Crippen LogP contribution is 2.21. The number of fused-ring (bicyclic) bond motifs is 1. The summed E-state index contributed by atoms with van der Waals surface area (Å²) < 4.78 is 0. The van der Waals surface area contributed by atoms with E-state index in [0.29, 0.717) is 0 Å². The number of hydrogen-bond acceptors (Lipinski definition) is 3. The van der Waals surface area contributed by atoms with Crippen molar-refractivity contribution in [2.75, 3.05) is 19.3 Å². The maximum atomic E-state index is 12.5. The van der Waals surface area contributed by atoms with Gasteiger partial charge in [-0.2, -0.15) is 0 Å². The van der Waals surface area contributed by atoms with Crippen LogP contribution >= 0.6 is 11.8 Å². The van der Waals surface area contributed by atoms with E-state index >= 15 is 0 Å². The van der Waals surface area contributed by atoms with Crippen molar-refractivity contribution in [3.8, 4) is 0 Å². The van der Waals surface area contributed by atoms with Crippen molar-refractivity contribution in [3.63, 3.8) is 0 Å². The van der Waals surface area contributed by atoms with E-state index in [1.165, 1.54) is 29.0 Å². The maximum absolute atomic E-state index is 12.5. The van der Waals surface area contributed by atoms with Gasteiger partial charge in [0.15, 0.2) is 0 Å². The quantitative estimate of drug-likeness (QED) is 0.783. The minimum atomic E-state index is 0.0690. The molecule has 3 nitrogen and oxygen atoms in total. The van der Waals surface area contributed by atoms with Gasteiger partial charge in [0.25, 0.3) is 5.91 Å². The number of nitrogens with zero attached hydrogens (tertiary/aromatic N) is 2. The first-order chi connectivity index (χ1) is 11.2. The fourth-order valence-corrected chi connectivity index (χ4v) is 3.79. The Morgan fingerprint density at radius 1 is 1.22 bits per heavy atom. The van der Waals surface area contributed by atoms with Crippen molar-refractivity contribution < 1.29 is 4.79 Å². The molecular formula is C19H22N2OS. The number of pyridine rings is 1. The summed E-state index contributed by atoms with van der Waals surface area (Å²) in [4.78, 5) is 20.1. The third-order valence-electron chi connectivity index (χ3n) is 4.20. The van der Waals surface area contributed by atoms with E-state index in [1.54, 1.807) is 22.9 Å². The van der Waals surface area contributed by atoms with E-state index in [1.807, 2.05) is 31.3 Å². The topological polar surface area (TPSA) is 33.2 Å². The molecule has 1 aromatic carbocycles. The highest BCUT2D eigenvalue weighted by molar-refractivity contribution is 7.99. The smallest absolute Gasteiger partial charge is 0.255 e. The standard InChI is InChI=1S/C19H22N2OS/c1-21(11-12-23-17-8-3-2-4-9-17)19(22)16-13-15-7-5-6-10-18(15)20-14-16/h2-4,8-9,13-14H,5-7,10-12H2,1H3.